The molecule has 0 radical (unpaired) electrons. The van der Waals surface area contributed by atoms with Gasteiger partial charge in [-0.1, -0.05) is 32.9 Å². The topological polar surface area (TPSA) is 174 Å². The van der Waals surface area contributed by atoms with Crippen LogP contribution in [0.1, 0.15) is 77.7 Å². The molecule has 3 heterocycles. The van der Waals surface area contributed by atoms with Crippen molar-refractivity contribution >= 4 is 39.9 Å². The molecule has 47 heavy (non-hydrogen) atoms. The molecule has 4 aliphatic rings. The van der Waals surface area contributed by atoms with Gasteiger partial charge in [-0.2, -0.15) is 0 Å². The predicted octanol–water partition coefficient (Wildman–Crippen LogP) is 2.25. The summed E-state index contributed by atoms with van der Waals surface area (Å²) in [7, 11) is -3.87. The van der Waals surface area contributed by atoms with Crippen molar-refractivity contribution in [3.63, 3.8) is 0 Å². The highest BCUT2D eigenvalue weighted by Gasteiger charge is 2.62. The minimum atomic E-state index is -3.87. The molecule has 13 nitrogen and oxygen atoms in total. The Labute approximate surface area is 276 Å². The summed E-state index contributed by atoms with van der Waals surface area (Å²) in [6.45, 7) is 9.40. The molecule has 4 amide bonds. The van der Waals surface area contributed by atoms with Gasteiger partial charge in [-0.25, -0.2) is 18.2 Å². The molecule has 256 valence electrons. The smallest absolute Gasteiger partial charge is 0.407 e. The lowest BCUT2D eigenvalue weighted by Gasteiger charge is -2.35. The van der Waals surface area contributed by atoms with E-state index in [-0.39, 0.29) is 26.0 Å². The normalized spacial score (nSPS) is 28.8. The van der Waals surface area contributed by atoms with Crippen LogP contribution in [-0.2, 0) is 29.1 Å². The second-order valence-corrected chi connectivity index (χ2v) is 15.9. The van der Waals surface area contributed by atoms with Crippen LogP contribution >= 0.6 is 0 Å². The largest absolute Gasteiger partial charge is 0.487 e. The zero-order chi connectivity index (χ0) is 34.0. The standard InChI is InChI=1S/C33H45N5O8S/c1-5-22-18-33(22,30(41)37-47(43,44)24-12-13-24)36-28(39)25-17-23-20-38(25)29(40)27(32(2,3)4)35-31(42)45-16-10-8-6-7-9-11-21-19-34-15-14-26(21)46-23/h5,9,11,14-15,19,22-25,27H,1,6-8,10,12-13,16-18,20H2,2-4H3,(H,35,42)(H,36,39)(H,37,41)/p+1/t22-,23-,25+,27-,33-/m1/s1. The van der Waals surface area contributed by atoms with E-state index >= 15 is 0 Å². The Morgan fingerprint density at radius 3 is 2.64 bits per heavy atom. The molecule has 2 aliphatic heterocycles. The molecular weight excluding hydrogens is 626 g/mol. The number of carbonyl (C=O) groups is 4. The summed E-state index contributed by atoms with van der Waals surface area (Å²) < 4.78 is 39.2. The van der Waals surface area contributed by atoms with Crippen LogP contribution in [0.5, 0.6) is 5.75 Å². The van der Waals surface area contributed by atoms with Crippen molar-refractivity contribution in [2.75, 3.05) is 13.2 Å². The molecule has 5 rings (SSSR count). The van der Waals surface area contributed by atoms with Crippen LogP contribution in [0.3, 0.4) is 0 Å². The van der Waals surface area contributed by atoms with Crippen LogP contribution in [0, 0.1) is 11.3 Å². The lowest BCUT2D eigenvalue weighted by Crippen LogP contribution is -2.60. The first-order valence-corrected chi connectivity index (χ1v) is 17.9. The number of aromatic amines is 1. The summed E-state index contributed by atoms with van der Waals surface area (Å²) in [6.07, 6.45) is 12.2. The monoisotopic (exact) mass is 672 g/mol. The van der Waals surface area contributed by atoms with Gasteiger partial charge in [-0.15, -0.1) is 6.58 Å². The number of carbonyl (C=O) groups excluding carboxylic acids is 4. The molecule has 2 bridgehead atoms. The molecule has 4 N–H and O–H groups in total. The van der Waals surface area contributed by atoms with E-state index in [0.29, 0.717) is 25.0 Å². The minimum Gasteiger partial charge on any atom is -0.487 e. The van der Waals surface area contributed by atoms with E-state index in [0.717, 1.165) is 24.8 Å². The fourth-order valence-corrected chi connectivity index (χ4v) is 7.49. The lowest BCUT2D eigenvalue weighted by atomic mass is 9.85. The van der Waals surface area contributed by atoms with E-state index in [1.54, 1.807) is 33.0 Å². The first kappa shape index (κ1) is 34.4. The van der Waals surface area contributed by atoms with Gasteiger partial charge >= 0.3 is 6.09 Å². The van der Waals surface area contributed by atoms with Gasteiger partial charge in [-0.05, 0) is 56.4 Å². The molecule has 1 saturated heterocycles. The summed E-state index contributed by atoms with van der Waals surface area (Å²) in [4.78, 5) is 59.0. The van der Waals surface area contributed by atoms with Crippen LogP contribution in [0.25, 0.3) is 6.08 Å². The fourth-order valence-electron chi connectivity index (χ4n) is 6.13. The van der Waals surface area contributed by atoms with Crippen molar-refractivity contribution in [1.29, 1.82) is 0 Å². The van der Waals surface area contributed by atoms with Crippen LogP contribution in [0.2, 0.25) is 0 Å². The second kappa shape index (κ2) is 13.7. The van der Waals surface area contributed by atoms with Gasteiger partial charge in [0.25, 0.3) is 5.91 Å². The molecule has 3 fully saturated rings. The lowest BCUT2D eigenvalue weighted by molar-refractivity contribution is -0.378. The molecule has 0 spiro atoms. The average molecular weight is 673 g/mol. The number of alkyl carbamates (subject to hydrolysis) is 1. The molecule has 1 aromatic rings. The Balaban J connectivity index is 1.44. The van der Waals surface area contributed by atoms with Crippen LogP contribution in [0.15, 0.2) is 37.2 Å². The van der Waals surface area contributed by atoms with Crippen molar-refractivity contribution < 1.29 is 42.1 Å². The number of hydrogen-bond donors (Lipinski definition) is 3. The first-order chi connectivity index (χ1) is 22.2. The number of sulfonamides is 1. The average Bonchev–Trinajstić information content (AvgIpc) is 3.93. The van der Waals surface area contributed by atoms with Gasteiger partial charge in [0.05, 0.1) is 24.0 Å². The van der Waals surface area contributed by atoms with E-state index < -0.39 is 74.1 Å². The first-order valence-electron chi connectivity index (χ1n) is 16.3. The third-order valence-corrected chi connectivity index (χ3v) is 11.0. The number of ether oxygens (including phenoxy) is 2. The maximum absolute atomic E-state index is 14.3. The highest BCUT2D eigenvalue weighted by molar-refractivity contribution is 7.91. The summed E-state index contributed by atoms with van der Waals surface area (Å²) >= 11 is 0. The van der Waals surface area contributed by atoms with Gasteiger partial charge in [0.15, 0.2) is 12.4 Å². The molecule has 2 aliphatic carbocycles. The zero-order valence-electron chi connectivity index (χ0n) is 27.3. The summed E-state index contributed by atoms with van der Waals surface area (Å²) in [5.74, 6) is -1.87. The molecule has 14 heteroatoms. The van der Waals surface area contributed by atoms with Crippen LogP contribution < -0.4 is 25.1 Å². The number of fused-ring (bicyclic) bond motifs is 3. The van der Waals surface area contributed by atoms with E-state index in [1.165, 1.54) is 11.0 Å². The number of allylic oxidation sites excluding steroid dienone is 1. The van der Waals surface area contributed by atoms with E-state index in [9.17, 15) is 27.6 Å². The number of hydrogen-bond acceptors (Lipinski definition) is 8. The Hall–Kier alpha value is -3.94. The number of rotatable bonds is 6. The number of cyclic esters (lactones) is 1. The maximum Gasteiger partial charge on any atom is 0.407 e. The number of pyridine rings is 1. The van der Waals surface area contributed by atoms with Crippen molar-refractivity contribution in [1.82, 2.24) is 20.3 Å². The molecular formula is C33H46N5O8S+. The van der Waals surface area contributed by atoms with Gasteiger partial charge in [0.1, 0.15) is 29.5 Å². The summed E-state index contributed by atoms with van der Waals surface area (Å²) in [5, 5.41) is 4.89. The van der Waals surface area contributed by atoms with Crippen molar-refractivity contribution in [3.05, 3.63) is 42.8 Å². The number of nitrogens with zero attached hydrogens (tertiary/aromatic N) is 1. The van der Waals surface area contributed by atoms with Crippen LogP contribution in [-0.4, -0.2) is 79.3 Å². The predicted molar refractivity (Wildman–Crippen MR) is 172 cm³/mol. The Morgan fingerprint density at radius 2 is 1.96 bits per heavy atom. The highest BCUT2D eigenvalue weighted by atomic mass is 32.2. The van der Waals surface area contributed by atoms with E-state index in [2.05, 4.69) is 26.9 Å². The molecule has 0 aromatic carbocycles. The highest BCUT2D eigenvalue weighted by Crippen LogP contribution is 2.45. The van der Waals surface area contributed by atoms with Crippen LogP contribution in [0.4, 0.5) is 4.79 Å². The van der Waals surface area contributed by atoms with Crippen molar-refractivity contribution in [3.8, 4) is 5.75 Å². The second-order valence-electron chi connectivity index (χ2n) is 14.0. The Kier molecular flexibility index (Phi) is 9.99. The molecule has 2 saturated carbocycles. The quantitative estimate of drug-likeness (QED) is 0.386. The zero-order valence-corrected chi connectivity index (χ0v) is 28.1. The number of nitrogens with one attached hydrogen (secondary N) is 4. The maximum atomic E-state index is 14.3. The molecule has 1 aromatic heterocycles. The third-order valence-electron chi connectivity index (χ3n) is 9.17. The van der Waals surface area contributed by atoms with Gasteiger partial charge in [0.2, 0.25) is 21.8 Å². The van der Waals surface area contributed by atoms with E-state index in [1.807, 2.05) is 18.3 Å². The van der Waals surface area contributed by atoms with Crippen molar-refractivity contribution in [2.45, 2.75) is 101 Å². The van der Waals surface area contributed by atoms with E-state index in [4.69, 9.17) is 9.47 Å². The number of H-pyrrole nitrogens is 1. The summed E-state index contributed by atoms with van der Waals surface area (Å²) in [6, 6.07) is -0.344. The molecule has 5 atom stereocenters. The third kappa shape index (κ3) is 7.96. The SMILES string of the molecule is C=C[C@@H]1C[C@]1(NC(=O)[C@@H]1C[C@@H]2CN1C(=O)[C@H](C(C)(C)C)NC(=O)OCCCCCC=Cc1c[nH+]ccc1O2)C(=O)NS(=O)(=O)C1CC1. The van der Waals surface area contributed by atoms with Gasteiger partial charge in [-0.3, -0.25) is 19.1 Å². The number of amides is 4. The minimum absolute atomic E-state index is 0.0299. The summed E-state index contributed by atoms with van der Waals surface area (Å²) in [5.41, 5.74) is -1.46. The Morgan fingerprint density at radius 1 is 1.19 bits per heavy atom. The number of aromatic nitrogens is 1. The van der Waals surface area contributed by atoms with Gasteiger partial charge < -0.3 is 25.0 Å². The van der Waals surface area contributed by atoms with Gasteiger partial charge in [0, 0.05) is 18.4 Å². The van der Waals surface area contributed by atoms with Crippen molar-refractivity contribution in [2.24, 2.45) is 11.3 Å². The Bertz CT molecular complexity index is 1540. The fraction of sp³-hybridized carbons (Fsp3) is 0.606. The molecule has 0 unspecified atom stereocenters.